The Morgan fingerprint density at radius 2 is 1.93 bits per heavy atom. The van der Waals surface area contributed by atoms with E-state index in [2.05, 4.69) is 41.7 Å². The number of rotatable bonds is 6. The third-order valence-corrected chi connectivity index (χ3v) is 5.53. The quantitative estimate of drug-likeness (QED) is 0.663. The maximum atomic E-state index is 12.2. The summed E-state index contributed by atoms with van der Waals surface area (Å²) in [7, 11) is 0. The zero-order chi connectivity index (χ0) is 21.3. The van der Waals surface area contributed by atoms with Crippen LogP contribution in [0, 0.1) is 5.92 Å². The van der Waals surface area contributed by atoms with E-state index in [0.717, 1.165) is 16.0 Å². The number of aliphatic carboxylic acids is 1. The molecule has 0 aliphatic heterocycles. The van der Waals surface area contributed by atoms with E-state index in [0.29, 0.717) is 6.42 Å². The molecule has 0 bridgehead atoms. The topological polar surface area (TPSA) is 75.6 Å². The van der Waals surface area contributed by atoms with Gasteiger partial charge in [-0.05, 0) is 63.2 Å². The highest BCUT2D eigenvalue weighted by molar-refractivity contribution is 5.83. The minimum Gasteiger partial charge on any atom is -0.480 e. The number of nitrogens with one attached hydrogen (secondary N) is 1. The molecule has 0 heterocycles. The number of benzene rings is 2. The lowest BCUT2D eigenvalue weighted by Gasteiger charge is -2.20. The average Bonchev–Trinajstić information content (AvgIpc) is 3.07. The highest BCUT2D eigenvalue weighted by atomic mass is 16.5. The van der Waals surface area contributed by atoms with Crippen molar-refractivity contribution in [1.82, 2.24) is 5.32 Å². The first-order chi connectivity index (χ1) is 14.4. The van der Waals surface area contributed by atoms with Crippen LogP contribution in [-0.2, 0) is 9.53 Å². The van der Waals surface area contributed by atoms with Crippen LogP contribution in [0.15, 0.2) is 48.6 Å². The minimum absolute atomic E-state index is 0.0773. The SMILES string of the molecule is CC(C)C[C@H](NC(=O)OCC1C=CC=c2cc3c(cc21)=Cc1ccccc1-3)C(=O)O. The molecule has 5 nitrogen and oxygen atoms in total. The van der Waals surface area contributed by atoms with Gasteiger partial charge in [0.05, 0.1) is 0 Å². The van der Waals surface area contributed by atoms with Gasteiger partial charge in [-0.2, -0.15) is 0 Å². The van der Waals surface area contributed by atoms with E-state index >= 15 is 0 Å². The number of carbonyl (C=O) groups is 2. The molecule has 0 aromatic heterocycles. The first-order valence-electron chi connectivity index (χ1n) is 10.2. The summed E-state index contributed by atoms with van der Waals surface area (Å²) in [5, 5.41) is 14.0. The molecule has 0 fully saturated rings. The summed E-state index contributed by atoms with van der Waals surface area (Å²) in [5.74, 6) is -0.979. The number of carboxylic acid groups (broad SMARTS) is 1. The van der Waals surface area contributed by atoms with Crippen LogP contribution in [0.25, 0.3) is 23.3 Å². The zero-order valence-corrected chi connectivity index (χ0v) is 17.1. The maximum absolute atomic E-state index is 12.2. The van der Waals surface area contributed by atoms with E-state index in [-0.39, 0.29) is 18.4 Å². The van der Waals surface area contributed by atoms with E-state index in [1.165, 1.54) is 16.7 Å². The Labute approximate surface area is 175 Å². The summed E-state index contributed by atoms with van der Waals surface area (Å²) in [5.41, 5.74) is 4.76. The van der Waals surface area contributed by atoms with Crippen LogP contribution in [0.1, 0.15) is 37.3 Å². The molecule has 1 amide bonds. The molecule has 4 rings (SSSR count). The molecule has 0 radical (unpaired) electrons. The first-order valence-corrected chi connectivity index (χ1v) is 10.2. The lowest BCUT2D eigenvalue weighted by Crippen LogP contribution is -2.42. The lowest BCUT2D eigenvalue weighted by atomic mass is 9.91. The summed E-state index contributed by atoms with van der Waals surface area (Å²) < 4.78 is 5.39. The van der Waals surface area contributed by atoms with Gasteiger partial charge in [0.1, 0.15) is 12.6 Å². The number of hydrogen-bond donors (Lipinski definition) is 2. The molecule has 2 N–H and O–H groups in total. The molecule has 0 spiro atoms. The van der Waals surface area contributed by atoms with Crippen molar-refractivity contribution in [2.75, 3.05) is 6.61 Å². The van der Waals surface area contributed by atoms with Gasteiger partial charge in [0, 0.05) is 5.92 Å². The van der Waals surface area contributed by atoms with E-state index in [1.807, 2.05) is 38.1 Å². The van der Waals surface area contributed by atoms with Gasteiger partial charge < -0.3 is 15.2 Å². The molecule has 154 valence electrons. The maximum Gasteiger partial charge on any atom is 0.407 e. The second-order valence-electron chi connectivity index (χ2n) is 8.22. The summed E-state index contributed by atoms with van der Waals surface area (Å²) in [4.78, 5) is 23.5. The predicted octanol–water partition coefficient (Wildman–Crippen LogP) is 3.16. The fourth-order valence-electron chi connectivity index (χ4n) is 4.09. The van der Waals surface area contributed by atoms with Crippen LogP contribution in [-0.4, -0.2) is 29.8 Å². The van der Waals surface area contributed by atoms with Crippen molar-refractivity contribution in [2.45, 2.75) is 32.2 Å². The average molecular weight is 403 g/mol. The number of carbonyl (C=O) groups excluding carboxylic acids is 1. The van der Waals surface area contributed by atoms with Crippen LogP contribution < -0.4 is 15.8 Å². The van der Waals surface area contributed by atoms with Gasteiger partial charge in [0.15, 0.2) is 0 Å². The van der Waals surface area contributed by atoms with Crippen LogP contribution in [0.5, 0.6) is 0 Å². The highest BCUT2D eigenvalue weighted by Gasteiger charge is 2.23. The Kier molecular flexibility index (Phi) is 5.44. The lowest BCUT2D eigenvalue weighted by molar-refractivity contribution is -0.139. The van der Waals surface area contributed by atoms with Gasteiger partial charge in [-0.25, -0.2) is 9.59 Å². The molecule has 2 aromatic rings. The normalized spacial score (nSPS) is 16.6. The Hall–Kier alpha value is -3.34. The first kappa shape index (κ1) is 20.0. The van der Waals surface area contributed by atoms with Crippen LogP contribution in [0.4, 0.5) is 4.79 Å². The second-order valence-corrected chi connectivity index (χ2v) is 8.22. The fourth-order valence-corrected chi connectivity index (χ4v) is 4.09. The minimum atomic E-state index is -1.05. The van der Waals surface area contributed by atoms with Gasteiger partial charge in [-0.1, -0.05) is 56.3 Å². The van der Waals surface area contributed by atoms with Gasteiger partial charge >= 0.3 is 12.1 Å². The van der Waals surface area contributed by atoms with Crippen molar-refractivity contribution in [1.29, 1.82) is 0 Å². The van der Waals surface area contributed by atoms with Gasteiger partial charge in [0.25, 0.3) is 0 Å². The van der Waals surface area contributed by atoms with Crippen molar-refractivity contribution in [3.8, 4) is 11.1 Å². The number of hydrogen-bond acceptors (Lipinski definition) is 3. The van der Waals surface area contributed by atoms with Gasteiger partial charge in [-0.3, -0.25) is 0 Å². The Balaban J connectivity index is 1.49. The molecule has 2 aliphatic carbocycles. The number of ether oxygens (including phenoxy) is 1. The van der Waals surface area contributed by atoms with Crippen LogP contribution >= 0.6 is 0 Å². The second kappa shape index (κ2) is 8.19. The largest absolute Gasteiger partial charge is 0.480 e. The van der Waals surface area contributed by atoms with E-state index in [1.54, 1.807) is 0 Å². The molecular formula is C25H25NO4. The zero-order valence-electron chi connectivity index (χ0n) is 17.1. The van der Waals surface area contributed by atoms with Crippen molar-refractivity contribution in [3.05, 3.63) is 70.1 Å². The predicted molar refractivity (Wildman–Crippen MR) is 116 cm³/mol. The summed E-state index contributed by atoms with van der Waals surface area (Å²) >= 11 is 0. The van der Waals surface area contributed by atoms with Crippen LogP contribution in [0.3, 0.4) is 0 Å². The number of carboxylic acids is 1. The van der Waals surface area contributed by atoms with E-state index < -0.39 is 18.1 Å². The van der Waals surface area contributed by atoms with Crippen LogP contribution in [0.2, 0.25) is 0 Å². The molecule has 30 heavy (non-hydrogen) atoms. The van der Waals surface area contributed by atoms with E-state index in [9.17, 15) is 14.7 Å². The van der Waals surface area contributed by atoms with Crippen molar-refractivity contribution >= 4 is 24.2 Å². The molecule has 5 heteroatoms. The summed E-state index contributed by atoms with van der Waals surface area (Å²) in [6.45, 7) is 3.98. The van der Waals surface area contributed by atoms with Gasteiger partial charge in [-0.15, -0.1) is 0 Å². The Bertz CT molecular complexity index is 1150. The number of amides is 1. The molecule has 1 unspecified atom stereocenters. The Morgan fingerprint density at radius 3 is 2.70 bits per heavy atom. The third-order valence-electron chi connectivity index (χ3n) is 5.53. The molecule has 0 saturated heterocycles. The smallest absolute Gasteiger partial charge is 0.407 e. The molecular weight excluding hydrogens is 378 g/mol. The molecule has 2 aliphatic rings. The Morgan fingerprint density at radius 1 is 1.13 bits per heavy atom. The van der Waals surface area contributed by atoms with Crippen molar-refractivity contribution in [2.24, 2.45) is 5.92 Å². The monoisotopic (exact) mass is 403 g/mol. The standard InChI is InChI=1S/C25H25NO4/c1-15(2)10-23(24(27)28)26-25(29)30-14-18-8-5-7-17-12-22-19(13-21(17)18)11-16-6-3-4-9-20(16)22/h3-9,11-13,15,18,23H,10,14H2,1-2H3,(H,26,29)(H,27,28)/t18?,23-/m0/s1. The van der Waals surface area contributed by atoms with E-state index in [4.69, 9.17) is 4.74 Å². The van der Waals surface area contributed by atoms with Crippen molar-refractivity contribution in [3.63, 3.8) is 0 Å². The summed E-state index contributed by atoms with van der Waals surface area (Å²) in [6, 6.07) is 11.7. The molecule has 2 atom stereocenters. The number of alkyl carbamates (subject to hydrolysis) is 1. The highest BCUT2D eigenvalue weighted by Crippen LogP contribution is 2.27. The summed E-state index contributed by atoms with van der Waals surface area (Å²) in [6.07, 6.45) is 7.88. The number of fused-ring (bicyclic) bond motifs is 4. The number of allylic oxidation sites excluding steroid dienone is 1. The fraction of sp³-hybridized carbons (Fsp3) is 0.280. The van der Waals surface area contributed by atoms with Crippen molar-refractivity contribution < 1.29 is 19.4 Å². The molecule has 0 saturated carbocycles. The third kappa shape index (κ3) is 4.01. The molecule has 2 aromatic carbocycles. The van der Waals surface area contributed by atoms with Gasteiger partial charge in [0.2, 0.25) is 0 Å².